The predicted octanol–water partition coefficient (Wildman–Crippen LogP) is 6.58. The average molecular weight is 791 g/mol. The molecule has 228 valence electrons. The highest BCUT2D eigenvalue weighted by atomic mass is 79.9. The smallest absolute Gasteiger partial charge is 0.272 e. The number of thiophene rings is 2. The zero-order valence-electron chi connectivity index (χ0n) is 21.2. The Balaban J connectivity index is 0.000000203. The monoisotopic (exact) mass is 788 g/mol. The van der Waals surface area contributed by atoms with Gasteiger partial charge in [-0.15, -0.1) is 22.7 Å². The van der Waals surface area contributed by atoms with Crippen LogP contribution in [0.15, 0.2) is 71.7 Å². The van der Waals surface area contributed by atoms with Gasteiger partial charge in [0.25, 0.3) is 31.8 Å². The van der Waals surface area contributed by atoms with Crippen molar-refractivity contribution in [2.24, 2.45) is 0 Å². The molecule has 5 heterocycles. The van der Waals surface area contributed by atoms with Crippen LogP contribution in [0.4, 0.5) is 11.6 Å². The minimum atomic E-state index is -3.88. The van der Waals surface area contributed by atoms with Crippen LogP contribution in [0.2, 0.25) is 14.6 Å². The molecule has 0 spiro atoms. The molecule has 0 saturated heterocycles. The minimum absolute atomic E-state index is 0.00620. The fourth-order valence-corrected chi connectivity index (χ4v) is 8.62. The van der Waals surface area contributed by atoms with Gasteiger partial charge in [0.05, 0.1) is 33.9 Å². The van der Waals surface area contributed by atoms with Crippen LogP contribution in [0.1, 0.15) is 5.76 Å². The molecule has 2 N–H and O–H groups in total. The number of nitrogens with one attached hydrogen (secondary N) is 2. The van der Waals surface area contributed by atoms with Gasteiger partial charge in [-0.2, -0.15) is 4.98 Å². The van der Waals surface area contributed by atoms with Crippen molar-refractivity contribution in [1.82, 2.24) is 19.9 Å². The van der Waals surface area contributed by atoms with Crippen molar-refractivity contribution < 1.29 is 30.7 Å². The van der Waals surface area contributed by atoms with Crippen LogP contribution in [-0.4, -0.2) is 43.9 Å². The van der Waals surface area contributed by atoms with Gasteiger partial charge >= 0.3 is 0 Å². The molecule has 0 saturated carbocycles. The number of sulfonamides is 2. The van der Waals surface area contributed by atoms with Crippen LogP contribution in [0.25, 0.3) is 0 Å². The summed E-state index contributed by atoms with van der Waals surface area (Å²) in [5.74, 6) is 0.384. The molecule has 0 aliphatic rings. The second-order valence-electron chi connectivity index (χ2n) is 7.59. The third-order valence-corrected chi connectivity index (χ3v) is 11.5. The Hall–Kier alpha value is -2.71. The van der Waals surface area contributed by atoms with Crippen molar-refractivity contribution in [2.75, 3.05) is 16.6 Å². The van der Waals surface area contributed by atoms with E-state index in [0.29, 0.717) is 13.9 Å². The minimum Gasteiger partial charge on any atom is -0.478 e. The number of hydrogen-bond acceptors (Lipinski definition) is 13. The van der Waals surface area contributed by atoms with E-state index in [1.165, 1.54) is 44.0 Å². The van der Waals surface area contributed by atoms with E-state index in [1.54, 1.807) is 18.2 Å². The van der Waals surface area contributed by atoms with Crippen molar-refractivity contribution >= 4 is 105 Å². The van der Waals surface area contributed by atoms with E-state index in [2.05, 4.69) is 45.3 Å². The molecule has 0 atom stereocenters. The van der Waals surface area contributed by atoms with Crippen molar-refractivity contribution in [2.45, 2.75) is 15.0 Å². The number of anilines is 2. The van der Waals surface area contributed by atoms with Gasteiger partial charge in [-0.05, 0) is 52.3 Å². The van der Waals surface area contributed by atoms with Gasteiger partial charge in [0.1, 0.15) is 25.9 Å². The lowest BCUT2D eigenvalue weighted by Gasteiger charge is -2.10. The molecule has 0 amide bonds. The van der Waals surface area contributed by atoms with Crippen molar-refractivity contribution in [1.29, 1.82) is 0 Å². The summed E-state index contributed by atoms with van der Waals surface area (Å²) in [5, 5.41) is 0.126. The largest absolute Gasteiger partial charge is 0.478 e. The number of halogens is 4. The van der Waals surface area contributed by atoms with Crippen LogP contribution in [0, 0.1) is 0 Å². The number of furan rings is 1. The maximum atomic E-state index is 12.4. The Morgan fingerprint density at radius 3 is 2.12 bits per heavy atom. The lowest BCUT2D eigenvalue weighted by Crippen LogP contribution is -2.14. The number of methoxy groups -OCH3 is 1. The molecule has 0 aliphatic heterocycles. The van der Waals surface area contributed by atoms with E-state index < -0.39 is 20.0 Å². The fraction of sp³-hybridized carbons (Fsp3) is 0.0909. The van der Waals surface area contributed by atoms with Gasteiger partial charge in [0.2, 0.25) is 11.6 Å². The van der Waals surface area contributed by atoms with E-state index in [0.717, 1.165) is 22.7 Å². The number of ether oxygens (including phenoxy) is 2. The molecule has 43 heavy (non-hydrogen) atoms. The van der Waals surface area contributed by atoms with Crippen molar-refractivity contribution in [3.8, 4) is 11.8 Å². The second kappa shape index (κ2) is 14.4. The first-order valence-corrected chi connectivity index (χ1v) is 17.7. The zero-order chi connectivity index (χ0) is 31.2. The van der Waals surface area contributed by atoms with E-state index in [1.807, 2.05) is 0 Å². The maximum Gasteiger partial charge on any atom is 0.272 e. The first-order chi connectivity index (χ1) is 20.4. The summed E-state index contributed by atoms with van der Waals surface area (Å²) >= 11 is 22.4. The number of rotatable bonds is 10. The summed E-state index contributed by atoms with van der Waals surface area (Å²) < 4.78 is 70.3. The molecule has 0 unspecified atom stereocenters. The fourth-order valence-electron chi connectivity index (χ4n) is 2.87. The van der Waals surface area contributed by atoms with Gasteiger partial charge in [-0.25, -0.2) is 31.8 Å². The Bertz CT molecular complexity index is 1920. The Morgan fingerprint density at radius 1 is 0.860 bits per heavy atom. The summed E-state index contributed by atoms with van der Waals surface area (Å²) in [6.45, 7) is 0.0584. The standard InChI is InChI=1S/C13H9Cl2N3O4S2.C9H7BrClN3O3S2/c14-9-6-16-13(22-7-8-2-1-5-21-8)12(17-9)18-24(19,20)11-4-3-10(15)23-11;1-17-9-8(12-4-6(11)13-9)14-19(15,16)7-3-2-5(10)18-7/h1-6H,7H2,(H,17,18);2-4H,1H3,(H,12,14). The summed E-state index contributed by atoms with van der Waals surface area (Å²) in [5.41, 5.74) is 0. The van der Waals surface area contributed by atoms with Crippen molar-refractivity contribution in [3.05, 3.63) is 79.2 Å². The lowest BCUT2D eigenvalue weighted by molar-refractivity contribution is 0.261. The molecular weight excluding hydrogens is 775 g/mol. The molecule has 0 aliphatic carbocycles. The van der Waals surface area contributed by atoms with Crippen LogP contribution in [0.5, 0.6) is 11.8 Å². The molecule has 0 radical (unpaired) electrons. The van der Waals surface area contributed by atoms with Gasteiger partial charge in [-0.3, -0.25) is 9.44 Å². The maximum absolute atomic E-state index is 12.4. The quantitative estimate of drug-likeness (QED) is 0.156. The third-order valence-electron chi connectivity index (χ3n) is 4.63. The number of hydrogen-bond donors (Lipinski definition) is 2. The molecule has 0 aromatic carbocycles. The summed E-state index contributed by atoms with van der Waals surface area (Å²) in [6, 6.07) is 9.41. The molecule has 5 aromatic heterocycles. The van der Waals surface area contributed by atoms with E-state index in [-0.39, 0.29) is 48.7 Å². The molecule has 13 nitrogen and oxygen atoms in total. The zero-order valence-corrected chi connectivity index (χ0v) is 28.3. The van der Waals surface area contributed by atoms with Gasteiger partial charge < -0.3 is 13.9 Å². The van der Waals surface area contributed by atoms with E-state index >= 15 is 0 Å². The van der Waals surface area contributed by atoms with Crippen LogP contribution in [0.3, 0.4) is 0 Å². The highest BCUT2D eigenvalue weighted by molar-refractivity contribution is 9.11. The first-order valence-electron chi connectivity index (χ1n) is 11.2. The van der Waals surface area contributed by atoms with Crippen LogP contribution in [-0.2, 0) is 26.7 Å². The normalized spacial score (nSPS) is 11.4. The summed E-state index contributed by atoms with van der Waals surface area (Å²) in [4.78, 5) is 15.5. The highest BCUT2D eigenvalue weighted by Gasteiger charge is 2.22. The van der Waals surface area contributed by atoms with Gasteiger partial charge in [0.15, 0.2) is 5.15 Å². The average Bonchev–Trinajstić information content (AvgIpc) is 3.72. The highest BCUT2D eigenvalue weighted by Crippen LogP contribution is 2.31. The molecule has 5 aromatic rings. The number of aromatic nitrogens is 4. The molecule has 21 heteroatoms. The lowest BCUT2D eigenvalue weighted by atomic mass is 10.5. The second-order valence-corrected chi connectivity index (χ2v) is 16.4. The first kappa shape index (κ1) is 33.2. The van der Waals surface area contributed by atoms with Gasteiger partial charge in [0, 0.05) is 0 Å². The van der Waals surface area contributed by atoms with Crippen LogP contribution >= 0.6 is 73.4 Å². The topological polar surface area (TPSA) is 176 Å². The molecule has 0 bridgehead atoms. The molecular formula is C22H16BrCl3N6O7S4. The van der Waals surface area contributed by atoms with Crippen molar-refractivity contribution in [3.63, 3.8) is 0 Å². The summed E-state index contributed by atoms with van der Waals surface area (Å²) in [6.07, 6.45) is 3.97. The van der Waals surface area contributed by atoms with E-state index in [9.17, 15) is 16.8 Å². The Labute approximate surface area is 276 Å². The number of nitrogens with zero attached hydrogens (tertiary/aromatic N) is 4. The predicted molar refractivity (Wildman–Crippen MR) is 167 cm³/mol. The Morgan fingerprint density at radius 2 is 1.51 bits per heavy atom. The third kappa shape index (κ3) is 9.15. The van der Waals surface area contributed by atoms with E-state index in [4.69, 9.17) is 48.7 Å². The Kier molecular flexibility index (Phi) is 11.1. The van der Waals surface area contributed by atoms with Crippen LogP contribution < -0.4 is 18.9 Å². The van der Waals surface area contributed by atoms with Gasteiger partial charge in [-0.1, -0.05) is 34.8 Å². The summed E-state index contributed by atoms with van der Waals surface area (Å²) in [7, 11) is -6.26. The molecule has 0 fully saturated rings. The molecule has 5 rings (SSSR count). The SMILES string of the molecule is COc1nc(Cl)cnc1NS(=O)(=O)c1ccc(Br)s1.O=S(=O)(Nc1nc(Cl)cnc1OCc1ccco1)c1ccc(Cl)s1.